The van der Waals surface area contributed by atoms with Crippen molar-refractivity contribution in [2.24, 2.45) is 0 Å². The van der Waals surface area contributed by atoms with Crippen molar-refractivity contribution < 1.29 is 14.5 Å². The van der Waals surface area contributed by atoms with Crippen LogP contribution in [0, 0.1) is 10.1 Å². The van der Waals surface area contributed by atoms with E-state index in [4.69, 9.17) is 11.6 Å². The van der Waals surface area contributed by atoms with E-state index >= 15 is 0 Å². The molecule has 0 aliphatic heterocycles. The fourth-order valence-corrected chi connectivity index (χ4v) is 1.94. The normalized spacial score (nSPS) is 10.1. The molecule has 0 fully saturated rings. The third kappa shape index (κ3) is 4.10. The number of methoxy groups -OCH3 is 1. The molecule has 0 radical (unpaired) electrons. The van der Waals surface area contributed by atoms with Crippen molar-refractivity contribution in [1.82, 2.24) is 0 Å². The Bertz CT molecular complexity index is 479. The van der Waals surface area contributed by atoms with Crippen LogP contribution < -0.4 is 4.90 Å². The van der Waals surface area contributed by atoms with Crippen LogP contribution in [0.15, 0.2) is 18.2 Å². The van der Waals surface area contributed by atoms with Crippen LogP contribution in [0.4, 0.5) is 11.4 Å². The molecule has 0 spiro atoms. The van der Waals surface area contributed by atoms with E-state index in [0.29, 0.717) is 12.2 Å². The molecule has 0 aromatic heterocycles. The second kappa shape index (κ2) is 6.94. The summed E-state index contributed by atoms with van der Waals surface area (Å²) < 4.78 is 4.62. The number of rotatable bonds is 6. The summed E-state index contributed by atoms with van der Waals surface area (Å²) in [6.45, 7) is 2.62. The lowest BCUT2D eigenvalue weighted by Crippen LogP contribution is -2.31. The van der Waals surface area contributed by atoms with Gasteiger partial charge >= 0.3 is 5.97 Å². The van der Waals surface area contributed by atoms with Gasteiger partial charge < -0.3 is 9.64 Å². The third-order valence-corrected chi connectivity index (χ3v) is 2.83. The Kier molecular flexibility index (Phi) is 5.57. The number of benzene rings is 1. The van der Waals surface area contributed by atoms with Crippen LogP contribution in [0.5, 0.6) is 0 Å². The Morgan fingerprint density at radius 2 is 2.21 bits per heavy atom. The smallest absolute Gasteiger partial charge is 0.325 e. The molecule has 0 saturated carbocycles. The van der Waals surface area contributed by atoms with Crippen LogP contribution in [0.3, 0.4) is 0 Å². The minimum atomic E-state index is -0.514. The van der Waals surface area contributed by atoms with E-state index in [-0.39, 0.29) is 23.2 Å². The summed E-state index contributed by atoms with van der Waals surface area (Å²) in [5, 5.41) is 10.9. The van der Waals surface area contributed by atoms with Gasteiger partial charge in [0, 0.05) is 18.7 Å². The Labute approximate surface area is 116 Å². The Hall–Kier alpha value is -1.82. The van der Waals surface area contributed by atoms with Gasteiger partial charge in [0.1, 0.15) is 6.54 Å². The topological polar surface area (TPSA) is 72.7 Å². The van der Waals surface area contributed by atoms with Gasteiger partial charge in [-0.05, 0) is 12.5 Å². The first-order valence-electron chi connectivity index (χ1n) is 5.75. The van der Waals surface area contributed by atoms with Crippen LogP contribution in [-0.4, -0.2) is 31.1 Å². The third-order valence-electron chi connectivity index (χ3n) is 2.52. The lowest BCUT2D eigenvalue weighted by molar-refractivity contribution is -0.384. The standard InChI is InChI=1S/C12H15ClN2O4/c1-3-6-14(8-12(16)19-2)11-5-4-9(15(17)18)7-10(11)13/h4-5,7H,3,6,8H2,1-2H3. The molecule has 0 amide bonds. The molecule has 1 rings (SSSR count). The first-order chi connectivity index (χ1) is 8.99. The number of anilines is 1. The van der Waals surface area contributed by atoms with E-state index in [9.17, 15) is 14.9 Å². The van der Waals surface area contributed by atoms with E-state index in [0.717, 1.165) is 6.42 Å². The van der Waals surface area contributed by atoms with Crippen molar-refractivity contribution in [2.45, 2.75) is 13.3 Å². The zero-order valence-electron chi connectivity index (χ0n) is 10.8. The molecule has 1 aromatic carbocycles. The Morgan fingerprint density at radius 3 is 2.68 bits per heavy atom. The summed E-state index contributed by atoms with van der Waals surface area (Å²) >= 11 is 6.03. The number of carbonyl (C=O) groups is 1. The van der Waals surface area contributed by atoms with Crippen LogP contribution in [0.25, 0.3) is 0 Å². The highest BCUT2D eigenvalue weighted by Gasteiger charge is 2.16. The molecule has 0 aliphatic rings. The molecule has 0 N–H and O–H groups in total. The van der Waals surface area contributed by atoms with Gasteiger partial charge in [0.2, 0.25) is 0 Å². The summed E-state index contributed by atoms with van der Waals surface area (Å²) in [7, 11) is 1.31. The van der Waals surface area contributed by atoms with Gasteiger partial charge in [-0.3, -0.25) is 14.9 Å². The number of halogens is 1. The van der Waals surface area contributed by atoms with Crippen LogP contribution in [-0.2, 0) is 9.53 Å². The number of nitro groups is 1. The molecule has 0 bridgehead atoms. The summed E-state index contributed by atoms with van der Waals surface area (Å²) in [5.41, 5.74) is 0.503. The van der Waals surface area contributed by atoms with E-state index in [1.54, 1.807) is 11.0 Å². The summed E-state index contributed by atoms with van der Waals surface area (Å²) in [6, 6.07) is 4.18. The van der Waals surface area contributed by atoms with Crippen molar-refractivity contribution in [3.63, 3.8) is 0 Å². The van der Waals surface area contributed by atoms with Crippen LogP contribution >= 0.6 is 11.6 Å². The average Bonchev–Trinajstić information content (AvgIpc) is 2.37. The fraction of sp³-hybridized carbons (Fsp3) is 0.417. The fourth-order valence-electron chi connectivity index (χ4n) is 1.64. The minimum Gasteiger partial charge on any atom is -0.468 e. The Morgan fingerprint density at radius 1 is 1.53 bits per heavy atom. The monoisotopic (exact) mass is 286 g/mol. The highest BCUT2D eigenvalue weighted by molar-refractivity contribution is 6.33. The van der Waals surface area contributed by atoms with E-state index < -0.39 is 4.92 Å². The SMILES string of the molecule is CCCN(CC(=O)OC)c1ccc([N+](=O)[O-])cc1Cl. The molecule has 0 unspecified atom stereocenters. The quantitative estimate of drug-likeness (QED) is 0.457. The number of nitrogens with zero attached hydrogens (tertiary/aromatic N) is 2. The lowest BCUT2D eigenvalue weighted by Gasteiger charge is -2.23. The summed E-state index contributed by atoms with van der Waals surface area (Å²) in [6.07, 6.45) is 0.810. The maximum absolute atomic E-state index is 11.3. The molecule has 0 aliphatic carbocycles. The maximum atomic E-state index is 11.3. The van der Waals surface area contributed by atoms with E-state index in [1.807, 2.05) is 6.92 Å². The molecule has 0 saturated heterocycles. The zero-order valence-corrected chi connectivity index (χ0v) is 11.5. The van der Waals surface area contributed by atoms with Gasteiger partial charge in [0.25, 0.3) is 5.69 Å². The van der Waals surface area contributed by atoms with Crippen LogP contribution in [0.2, 0.25) is 5.02 Å². The van der Waals surface area contributed by atoms with Gasteiger partial charge in [-0.25, -0.2) is 0 Å². The number of carbonyl (C=O) groups excluding carboxylic acids is 1. The average molecular weight is 287 g/mol. The Balaban J connectivity index is 3.02. The van der Waals surface area contributed by atoms with E-state index in [1.165, 1.54) is 19.2 Å². The highest BCUT2D eigenvalue weighted by atomic mass is 35.5. The van der Waals surface area contributed by atoms with Crippen molar-refractivity contribution >= 4 is 28.9 Å². The molecule has 104 valence electrons. The minimum absolute atomic E-state index is 0.0574. The van der Waals surface area contributed by atoms with Crippen molar-refractivity contribution in [3.05, 3.63) is 33.3 Å². The number of hydrogen-bond donors (Lipinski definition) is 0. The van der Waals surface area contributed by atoms with Crippen molar-refractivity contribution in [2.75, 3.05) is 25.1 Å². The zero-order chi connectivity index (χ0) is 14.4. The van der Waals surface area contributed by atoms with Gasteiger partial charge in [-0.2, -0.15) is 0 Å². The van der Waals surface area contributed by atoms with Gasteiger partial charge in [-0.1, -0.05) is 18.5 Å². The highest BCUT2D eigenvalue weighted by Crippen LogP contribution is 2.29. The lowest BCUT2D eigenvalue weighted by atomic mass is 10.2. The van der Waals surface area contributed by atoms with Gasteiger partial charge in [0.05, 0.1) is 22.7 Å². The molecule has 6 nitrogen and oxygen atoms in total. The van der Waals surface area contributed by atoms with Crippen molar-refractivity contribution in [1.29, 1.82) is 0 Å². The number of esters is 1. The van der Waals surface area contributed by atoms with Crippen molar-refractivity contribution in [3.8, 4) is 0 Å². The molecule has 19 heavy (non-hydrogen) atoms. The first kappa shape index (κ1) is 15.2. The molecular formula is C12H15ClN2O4. The first-order valence-corrected chi connectivity index (χ1v) is 6.13. The van der Waals surface area contributed by atoms with Gasteiger partial charge in [-0.15, -0.1) is 0 Å². The summed E-state index contributed by atoms with van der Waals surface area (Å²) in [5.74, 6) is -0.386. The largest absolute Gasteiger partial charge is 0.468 e. The number of ether oxygens (including phenoxy) is 1. The molecule has 7 heteroatoms. The number of nitro benzene ring substituents is 1. The predicted octanol–water partition coefficient (Wildman–Crippen LogP) is 2.64. The van der Waals surface area contributed by atoms with E-state index in [2.05, 4.69) is 4.74 Å². The number of hydrogen-bond acceptors (Lipinski definition) is 5. The molecule has 0 atom stereocenters. The summed E-state index contributed by atoms with van der Waals surface area (Å²) in [4.78, 5) is 23.2. The predicted molar refractivity (Wildman–Crippen MR) is 72.6 cm³/mol. The van der Waals surface area contributed by atoms with Gasteiger partial charge in [0.15, 0.2) is 0 Å². The molecule has 0 heterocycles. The second-order valence-corrected chi connectivity index (χ2v) is 4.30. The molecule has 1 aromatic rings. The number of non-ortho nitro benzene ring substituents is 1. The molecular weight excluding hydrogens is 272 g/mol. The maximum Gasteiger partial charge on any atom is 0.325 e. The van der Waals surface area contributed by atoms with Crippen LogP contribution in [0.1, 0.15) is 13.3 Å². The second-order valence-electron chi connectivity index (χ2n) is 3.89.